The van der Waals surface area contributed by atoms with Gasteiger partial charge in [0.15, 0.2) is 5.78 Å². The number of rotatable bonds is 5. The van der Waals surface area contributed by atoms with E-state index in [1.54, 1.807) is 7.11 Å². The third kappa shape index (κ3) is 4.00. The van der Waals surface area contributed by atoms with Crippen molar-refractivity contribution in [2.75, 3.05) is 12.9 Å². The van der Waals surface area contributed by atoms with Gasteiger partial charge < -0.3 is 4.74 Å². The molecule has 2 rings (SSSR count). The van der Waals surface area contributed by atoms with E-state index in [-0.39, 0.29) is 5.78 Å². The van der Waals surface area contributed by atoms with Crippen LogP contribution in [0.25, 0.3) is 0 Å². The predicted molar refractivity (Wildman–Crippen MR) is 81.2 cm³/mol. The molecule has 0 saturated heterocycles. The molecule has 2 unspecified atom stereocenters. The number of carbonyl (C=O) groups is 1. The first-order chi connectivity index (χ1) is 9.20. The molecule has 0 aromatic heterocycles. The van der Waals surface area contributed by atoms with E-state index in [2.05, 4.69) is 6.92 Å². The predicted octanol–water partition coefficient (Wildman–Crippen LogP) is 4.19. The maximum absolute atomic E-state index is 12.2. The monoisotopic (exact) mass is 278 g/mol. The Hall–Kier alpha value is -0.960. The second kappa shape index (κ2) is 6.99. The molecule has 0 radical (unpaired) electrons. The molecule has 1 fully saturated rings. The number of hydrogen-bond acceptors (Lipinski definition) is 3. The molecule has 0 spiro atoms. The molecular weight excluding hydrogens is 256 g/mol. The standard InChI is InChI=1S/C16H22O2S/c1-12-6-5-7-13(10-12)19-11-15(17)14-8-3-4-9-16(14)18-2/h3-4,8-9,12-13H,5-7,10-11H2,1-2H3. The van der Waals surface area contributed by atoms with Gasteiger partial charge in [-0.3, -0.25) is 4.79 Å². The van der Waals surface area contributed by atoms with Crippen molar-refractivity contribution in [3.8, 4) is 5.75 Å². The van der Waals surface area contributed by atoms with Gasteiger partial charge in [-0.15, -0.1) is 0 Å². The maximum atomic E-state index is 12.2. The quantitative estimate of drug-likeness (QED) is 0.755. The molecule has 1 aliphatic carbocycles. The molecule has 0 N–H and O–H groups in total. The minimum Gasteiger partial charge on any atom is -0.496 e. The topological polar surface area (TPSA) is 26.3 Å². The largest absolute Gasteiger partial charge is 0.496 e. The Morgan fingerprint density at radius 3 is 2.89 bits per heavy atom. The van der Waals surface area contributed by atoms with E-state index in [4.69, 9.17) is 4.74 Å². The lowest BCUT2D eigenvalue weighted by Crippen LogP contribution is -2.17. The molecule has 3 heteroatoms. The number of thioether (sulfide) groups is 1. The smallest absolute Gasteiger partial charge is 0.176 e. The molecule has 2 atom stereocenters. The maximum Gasteiger partial charge on any atom is 0.176 e. The van der Waals surface area contributed by atoms with Crippen molar-refractivity contribution in [2.45, 2.75) is 37.9 Å². The fraction of sp³-hybridized carbons (Fsp3) is 0.562. The lowest BCUT2D eigenvalue weighted by molar-refractivity contribution is 0.101. The molecule has 1 aliphatic rings. The molecule has 2 nitrogen and oxygen atoms in total. The van der Waals surface area contributed by atoms with Crippen LogP contribution in [0.3, 0.4) is 0 Å². The number of methoxy groups -OCH3 is 1. The van der Waals surface area contributed by atoms with Crippen molar-refractivity contribution >= 4 is 17.5 Å². The van der Waals surface area contributed by atoms with Gasteiger partial charge in [-0.05, 0) is 30.9 Å². The van der Waals surface area contributed by atoms with E-state index < -0.39 is 0 Å². The summed E-state index contributed by atoms with van der Waals surface area (Å²) in [6.45, 7) is 2.31. The average molecular weight is 278 g/mol. The number of carbonyl (C=O) groups excluding carboxylic acids is 1. The Morgan fingerprint density at radius 2 is 2.16 bits per heavy atom. The summed E-state index contributed by atoms with van der Waals surface area (Å²) in [7, 11) is 1.61. The van der Waals surface area contributed by atoms with E-state index in [9.17, 15) is 4.79 Å². The van der Waals surface area contributed by atoms with E-state index in [0.717, 1.165) is 5.92 Å². The number of ketones is 1. The van der Waals surface area contributed by atoms with Crippen LogP contribution in [0.1, 0.15) is 43.0 Å². The van der Waals surface area contributed by atoms with Crippen molar-refractivity contribution in [1.82, 2.24) is 0 Å². The van der Waals surface area contributed by atoms with Crippen molar-refractivity contribution in [3.63, 3.8) is 0 Å². The fourth-order valence-corrected chi connectivity index (χ4v) is 4.02. The molecule has 19 heavy (non-hydrogen) atoms. The summed E-state index contributed by atoms with van der Waals surface area (Å²) in [6, 6.07) is 7.49. The molecule has 0 aliphatic heterocycles. The molecule has 1 aromatic rings. The highest BCUT2D eigenvalue weighted by atomic mass is 32.2. The van der Waals surface area contributed by atoms with Crippen LogP contribution in [0.2, 0.25) is 0 Å². The highest BCUT2D eigenvalue weighted by molar-refractivity contribution is 8.00. The zero-order chi connectivity index (χ0) is 13.7. The lowest BCUT2D eigenvalue weighted by atomic mass is 9.91. The van der Waals surface area contributed by atoms with E-state index in [0.29, 0.717) is 22.3 Å². The highest BCUT2D eigenvalue weighted by Gasteiger charge is 2.21. The van der Waals surface area contributed by atoms with E-state index >= 15 is 0 Å². The van der Waals surface area contributed by atoms with Crippen molar-refractivity contribution in [1.29, 1.82) is 0 Å². The minimum absolute atomic E-state index is 0.181. The summed E-state index contributed by atoms with van der Waals surface area (Å²) in [5.74, 6) is 2.25. The lowest BCUT2D eigenvalue weighted by Gasteiger charge is -2.26. The third-order valence-electron chi connectivity index (χ3n) is 3.75. The SMILES string of the molecule is COc1ccccc1C(=O)CSC1CCCC(C)C1. The van der Waals surface area contributed by atoms with Crippen LogP contribution in [0.4, 0.5) is 0 Å². The zero-order valence-electron chi connectivity index (χ0n) is 11.7. The molecule has 0 amide bonds. The zero-order valence-corrected chi connectivity index (χ0v) is 12.5. The molecule has 0 bridgehead atoms. The Balaban J connectivity index is 1.90. The summed E-state index contributed by atoms with van der Waals surface area (Å²) in [6.07, 6.45) is 5.16. The molecular formula is C16H22O2S. The van der Waals surface area contributed by atoms with Gasteiger partial charge in [0.2, 0.25) is 0 Å². The molecule has 1 aromatic carbocycles. The van der Waals surface area contributed by atoms with Crippen LogP contribution < -0.4 is 4.74 Å². The number of ether oxygens (including phenoxy) is 1. The van der Waals surface area contributed by atoms with Gasteiger partial charge in [0.05, 0.1) is 18.4 Å². The summed E-state index contributed by atoms with van der Waals surface area (Å²) in [5, 5.41) is 0.655. The van der Waals surface area contributed by atoms with Crippen molar-refractivity contribution in [2.24, 2.45) is 5.92 Å². The number of Topliss-reactive ketones (excluding diaryl/α,β-unsaturated/α-hetero) is 1. The second-order valence-electron chi connectivity index (χ2n) is 5.33. The van der Waals surface area contributed by atoms with Crippen LogP contribution >= 0.6 is 11.8 Å². The third-order valence-corrected chi connectivity index (χ3v) is 5.07. The van der Waals surface area contributed by atoms with E-state index in [1.165, 1.54) is 25.7 Å². The van der Waals surface area contributed by atoms with Crippen LogP contribution in [0, 0.1) is 5.92 Å². The van der Waals surface area contributed by atoms with Crippen LogP contribution in [-0.2, 0) is 0 Å². The Labute approximate surface area is 119 Å². The minimum atomic E-state index is 0.181. The first kappa shape index (κ1) is 14.4. The van der Waals surface area contributed by atoms with Gasteiger partial charge in [-0.1, -0.05) is 31.9 Å². The van der Waals surface area contributed by atoms with Gasteiger partial charge in [0.1, 0.15) is 5.75 Å². The van der Waals surface area contributed by atoms with Gasteiger partial charge >= 0.3 is 0 Å². The number of para-hydroxylation sites is 1. The average Bonchev–Trinajstić information content (AvgIpc) is 2.45. The van der Waals surface area contributed by atoms with Gasteiger partial charge in [0.25, 0.3) is 0 Å². The van der Waals surface area contributed by atoms with Gasteiger partial charge in [-0.25, -0.2) is 0 Å². The first-order valence-electron chi connectivity index (χ1n) is 6.98. The van der Waals surface area contributed by atoms with Crippen LogP contribution in [0.15, 0.2) is 24.3 Å². The van der Waals surface area contributed by atoms with Crippen LogP contribution in [0.5, 0.6) is 5.75 Å². The second-order valence-corrected chi connectivity index (χ2v) is 6.62. The Morgan fingerprint density at radius 1 is 1.37 bits per heavy atom. The molecule has 104 valence electrons. The van der Waals surface area contributed by atoms with Crippen molar-refractivity contribution in [3.05, 3.63) is 29.8 Å². The first-order valence-corrected chi connectivity index (χ1v) is 8.03. The highest BCUT2D eigenvalue weighted by Crippen LogP contribution is 2.32. The van der Waals surface area contributed by atoms with Crippen molar-refractivity contribution < 1.29 is 9.53 Å². The normalized spacial score (nSPS) is 23.1. The number of benzene rings is 1. The summed E-state index contributed by atoms with van der Waals surface area (Å²) in [4.78, 5) is 12.2. The summed E-state index contributed by atoms with van der Waals surface area (Å²) >= 11 is 1.82. The van der Waals surface area contributed by atoms with Gasteiger partial charge in [0, 0.05) is 5.25 Å². The Bertz CT molecular complexity index is 431. The molecule has 0 heterocycles. The fourth-order valence-electron chi connectivity index (χ4n) is 2.68. The Kier molecular flexibility index (Phi) is 5.32. The van der Waals surface area contributed by atoms with Crippen LogP contribution in [-0.4, -0.2) is 23.9 Å². The summed E-state index contributed by atoms with van der Waals surface area (Å²) in [5.41, 5.74) is 0.710. The van der Waals surface area contributed by atoms with Gasteiger partial charge in [-0.2, -0.15) is 11.8 Å². The molecule has 1 saturated carbocycles. The summed E-state index contributed by atoms with van der Waals surface area (Å²) < 4.78 is 5.25. The number of hydrogen-bond donors (Lipinski definition) is 0. The van der Waals surface area contributed by atoms with E-state index in [1.807, 2.05) is 36.0 Å².